The van der Waals surface area contributed by atoms with E-state index in [1.807, 2.05) is 144 Å². The summed E-state index contributed by atoms with van der Waals surface area (Å²) in [5.74, 6) is 0.615. The van der Waals surface area contributed by atoms with Crippen molar-refractivity contribution < 1.29 is 0 Å². The molecule has 5 aromatic carbocycles. The number of nitrogens with one attached hydrogen (secondary N) is 5. The fourth-order valence-electron chi connectivity index (χ4n) is 5.84. The van der Waals surface area contributed by atoms with E-state index in [9.17, 15) is 4.79 Å². The Kier molecular flexibility index (Phi) is 26.3. The maximum absolute atomic E-state index is 10.8. The fourth-order valence-corrected chi connectivity index (χ4v) is 5.84. The zero-order valence-corrected chi connectivity index (χ0v) is 41.0. The van der Waals surface area contributed by atoms with Crippen molar-refractivity contribution in [1.82, 2.24) is 40.6 Å². The summed E-state index contributed by atoms with van der Waals surface area (Å²) in [5.41, 5.74) is 14.6. The number of fused-ring (bicyclic) bond motifs is 5. The molecule has 10 heteroatoms. The van der Waals surface area contributed by atoms with E-state index in [1.165, 1.54) is 44.1 Å². The minimum absolute atomic E-state index is 0.148. The molecule has 5 N–H and O–H groups in total. The lowest BCUT2D eigenvalue weighted by atomic mass is 10.0. The number of hydrogen-bond donors (Lipinski definition) is 5. The molecule has 5 heterocycles. The molecule has 0 fully saturated rings. The topological polar surface area (TPSA) is 147 Å². The van der Waals surface area contributed by atoms with Crippen molar-refractivity contribution in [1.29, 1.82) is 0 Å². The number of imidazole rings is 1. The molecule has 338 valence electrons. The normalized spacial score (nSPS) is 9.98. The SMILES string of the molecule is CC.CC.CC.CC.CC.CC(C)c1ccc2[nH]ccc2c1.Cc1ccc2[nH]c(=O)[nH]c2c1.Cc1ccc2[nH]ncc2c1.Cc1ccc2c(c1)CC=N2.Cc1ccc2n[nH]nc2c1. The van der Waals surface area contributed by atoms with E-state index in [-0.39, 0.29) is 5.69 Å². The van der Waals surface area contributed by atoms with Crippen LogP contribution >= 0.6 is 0 Å². The lowest BCUT2D eigenvalue weighted by Crippen LogP contribution is -1.99. The van der Waals surface area contributed by atoms with Crippen molar-refractivity contribution in [3.8, 4) is 0 Å². The molecule has 9 aromatic rings. The maximum Gasteiger partial charge on any atom is 0.323 e. The summed E-state index contributed by atoms with van der Waals surface area (Å²) in [6.07, 6.45) is 6.79. The van der Waals surface area contributed by atoms with E-state index >= 15 is 0 Å². The summed E-state index contributed by atoms with van der Waals surface area (Å²) in [5, 5.41) is 19.7. The van der Waals surface area contributed by atoms with Crippen LogP contribution in [0.15, 0.2) is 119 Å². The minimum atomic E-state index is -0.148. The van der Waals surface area contributed by atoms with E-state index in [0.29, 0.717) is 5.92 Å². The molecule has 0 radical (unpaired) electrons. The first-order valence-corrected chi connectivity index (χ1v) is 22.7. The van der Waals surface area contributed by atoms with Crippen molar-refractivity contribution in [2.24, 2.45) is 4.99 Å². The Morgan fingerprint density at radius 2 is 1.11 bits per heavy atom. The highest BCUT2D eigenvalue weighted by atomic mass is 16.1. The van der Waals surface area contributed by atoms with E-state index in [2.05, 4.69) is 128 Å². The van der Waals surface area contributed by atoms with Gasteiger partial charge >= 0.3 is 5.69 Å². The predicted molar refractivity (Wildman–Crippen MR) is 275 cm³/mol. The summed E-state index contributed by atoms with van der Waals surface area (Å²) >= 11 is 0. The molecule has 0 saturated carbocycles. The Hall–Kier alpha value is -6.55. The molecule has 0 amide bonds. The van der Waals surface area contributed by atoms with Gasteiger partial charge in [-0.15, -0.1) is 0 Å². The third-order valence-electron chi connectivity index (χ3n) is 8.76. The molecule has 0 unspecified atom stereocenters. The highest BCUT2D eigenvalue weighted by Gasteiger charge is 2.04. The first-order chi connectivity index (χ1) is 30.6. The van der Waals surface area contributed by atoms with Crippen LogP contribution in [0.1, 0.15) is 122 Å². The quantitative estimate of drug-likeness (QED) is 0.112. The molecule has 63 heavy (non-hydrogen) atoms. The van der Waals surface area contributed by atoms with Gasteiger partial charge in [0, 0.05) is 29.7 Å². The van der Waals surface area contributed by atoms with Gasteiger partial charge in [0.1, 0.15) is 11.0 Å². The molecule has 0 saturated heterocycles. The van der Waals surface area contributed by atoms with Crippen LogP contribution in [-0.4, -0.2) is 46.8 Å². The van der Waals surface area contributed by atoms with Crippen LogP contribution in [0.3, 0.4) is 0 Å². The van der Waals surface area contributed by atoms with Crippen LogP contribution in [0.4, 0.5) is 5.69 Å². The Labute approximate surface area is 376 Å². The summed E-state index contributed by atoms with van der Waals surface area (Å²) in [6.45, 7) is 32.6. The number of rotatable bonds is 1. The second-order valence-corrected chi connectivity index (χ2v) is 13.5. The Balaban J connectivity index is 0.000000375. The van der Waals surface area contributed by atoms with Crippen LogP contribution in [0.25, 0.3) is 43.9 Å². The van der Waals surface area contributed by atoms with Crippen LogP contribution in [0.5, 0.6) is 0 Å². The van der Waals surface area contributed by atoms with Gasteiger partial charge in [-0.3, -0.25) is 10.1 Å². The van der Waals surface area contributed by atoms with E-state index in [0.717, 1.165) is 45.3 Å². The Morgan fingerprint density at radius 1 is 0.540 bits per heavy atom. The van der Waals surface area contributed by atoms with Gasteiger partial charge in [0.25, 0.3) is 0 Å². The van der Waals surface area contributed by atoms with Crippen molar-refractivity contribution in [3.63, 3.8) is 0 Å². The van der Waals surface area contributed by atoms with Crippen LogP contribution in [0, 0.1) is 27.7 Å². The zero-order valence-electron chi connectivity index (χ0n) is 41.0. The maximum atomic E-state index is 10.8. The molecule has 0 aliphatic carbocycles. The number of benzene rings is 5. The summed E-state index contributed by atoms with van der Waals surface area (Å²) in [4.78, 5) is 23.6. The molecule has 0 spiro atoms. The van der Waals surface area contributed by atoms with Crippen LogP contribution in [0.2, 0.25) is 0 Å². The molecular formula is C53H75N9O. The molecule has 1 aliphatic rings. The highest BCUT2D eigenvalue weighted by Crippen LogP contribution is 2.24. The summed E-state index contributed by atoms with van der Waals surface area (Å²) < 4.78 is 0. The van der Waals surface area contributed by atoms with Gasteiger partial charge in [0.2, 0.25) is 0 Å². The average molecular weight is 854 g/mol. The van der Waals surface area contributed by atoms with Gasteiger partial charge in [-0.2, -0.15) is 20.5 Å². The lowest BCUT2D eigenvalue weighted by Gasteiger charge is -2.03. The number of aromatic nitrogens is 8. The van der Waals surface area contributed by atoms with Crippen molar-refractivity contribution in [2.45, 2.75) is 123 Å². The predicted octanol–water partition coefficient (Wildman–Crippen LogP) is 15.0. The number of aromatic amines is 5. The second kappa shape index (κ2) is 30.5. The van der Waals surface area contributed by atoms with E-state index in [1.54, 1.807) is 0 Å². The van der Waals surface area contributed by atoms with Crippen LogP contribution < -0.4 is 5.69 Å². The van der Waals surface area contributed by atoms with Gasteiger partial charge in [-0.1, -0.05) is 131 Å². The van der Waals surface area contributed by atoms with Crippen molar-refractivity contribution >= 4 is 55.8 Å². The fraction of sp³-hybridized carbons (Fsp3) is 0.340. The Morgan fingerprint density at radius 3 is 1.81 bits per heavy atom. The second-order valence-electron chi connectivity index (χ2n) is 13.5. The molecule has 0 bridgehead atoms. The lowest BCUT2D eigenvalue weighted by molar-refractivity contribution is 0.869. The van der Waals surface area contributed by atoms with Crippen molar-refractivity contribution in [2.75, 3.05) is 0 Å². The molecule has 0 atom stereocenters. The molecule has 10 rings (SSSR count). The number of aryl methyl sites for hydroxylation is 4. The molecule has 10 nitrogen and oxygen atoms in total. The van der Waals surface area contributed by atoms with Crippen LogP contribution in [-0.2, 0) is 6.42 Å². The number of hydrogen-bond acceptors (Lipinski definition) is 5. The van der Waals surface area contributed by atoms with E-state index < -0.39 is 0 Å². The number of aliphatic imine (C=N–C) groups is 1. The largest absolute Gasteiger partial charge is 0.361 e. The standard InChI is InChI=1S/C11H13N.C9H9N.C8H8N2O.C8H8N2.C7H7N3.5C2H6/c1-8(2)9-3-4-11-10(7-9)5-6-12-11;1-7-2-3-9-8(6-7)4-5-10-9;1-5-2-3-6-7(4-5)10-8(11)9-6;1-6-2-3-8-7(4-6)5-9-10-8;1-5-2-3-6-7(4-5)9-10-8-6;5*1-2/h3-8,12H,1-2H3;2-3,5-6H,4H2,1H3;2-4H,1H3,(H2,9,10,11);2-5H,1H3,(H,9,10);2-4H,1H3,(H,8,9,10);5*1-2H3. The van der Waals surface area contributed by atoms with Gasteiger partial charge in [-0.05, 0) is 122 Å². The smallest absolute Gasteiger partial charge is 0.323 e. The highest BCUT2D eigenvalue weighted by molar-refractivity contribution is 5.80. The number of nitrogens with zero attached hydrogens (tertiary/aromatic N) is 4. The number of H-pyrrole nitrogens is 5. The molecular weight excluding hydrogens is 779 g/mol. The van der Waals surface area contributed by atoms with Gasteiger partial charge < -0.3 is 15.0 Å². The van der Waals surface area contributed by atoms with Gasteiger partial charge in [0.15, 0.2) is 0 Å². The molecule has 1 aliphatic heterocycles. The minimum Gasteiger partial charge on any atom is -0.361 e. The van der Waals surface area contributed by atoms with Crippen molar-refractivity contribution in [3.05, 3.63) is 153 Å². The summed E-state index contributed by atoms with van der Waals surface area (Å²) in [6, 6.07) is 33.0. The Bertz CT molecular complexity index is 2600. The first kappa shape index (κ1) is 54.5. The molecule has 4 aromatic heterocycles. The van der Waals surface area contributed by atoms with E-state index in [4.69, 9.17) is 0 Å². The third-order valence-corrected chi connectivity index (χ3v) is 8.76. The average Bonchev–Trinajstić information content (AvgIpc) is 4.18. The monoisotopic (exact) mass is 854 g/mol. The first-order valence-electron chi connectivity index (χ1n) is 22.7. The van der Waals surface area contributed by atoms with Gasteiger partial charge in [-0.25, -0.2) is 4.79 Å². The van der Waals surface area contributed by atoms with Gasteiger partial charge in [0.05, 0.1) is 28.4 Å². The third kappa shape index (κ3) is 17.8. The summed E-state index contributed by atoms with van der Waals surface area (Å²) in [7, 11) is 0. The zero-order chi connectivity index (χ0) is 47.3.